The van der Waals surface area contributed by atoms with E-state index < -0.39 is 36.7 Å². The van der Waals surface area contributed by atoms with Crippen LogP contribution in [0.5, 0.6) is 0 Å². The van der Waals surface area contributed by atoms with Crippen molar-refractivity contribution < 1.29 is 18.3 Å². The monoisotopic (exact) mass is 331 g/mol. The molecule has 0 saturated carbocycles. The second kappa shape index (κ2) is 7.69. The lowest BCUT2D eigenvalue weighted by molar-refractivity contribution is -0.499. The van der Waals surface area contributed by atoms with Crippen LogP contribution in [0.15, 0.2) is 23.5 Å². The fraction of sp³-hybridized carbons (Fsp3) is 0.583. The highest BCUT2D eigenvalue weighted by molar-refractivity contribution is 7.73. The summed E-state index contributed by atoms with van der Waals surface area (Å²) in [4.78, 5) is 22.1. The molecule has 0 aromatic carbocycles. The Bertz CT molecular complexity index is 650. The molecule has 1 aliphatic rings. The van der Waals surface area contributed by atoms with E-state index in [1.807, 2.05) is 13.8 Å². The second-order valence-corrected chi connectivity index (χ2v) is 5.61. The van der Waals surface area contributed by atoms with Crippen LogP contribution in [0.3, 0.4) is 0 Å². The molecule has 1 aliphatic carbocycles. The lowest BCUT2D eigenvalue weighted by atomic mass is 10.0. The lowest BCUT2D eigenvalue weighted by Crippen LogP contribution is -2.43. The Morgan fingerprint density at radius 3 is 2.05 bits per heavy atom. The molecule has 0 aliphatic heterocycles. The van der Waals surface area contributed by atoms with Crippen LogP contribution in [0.1, 0.15) is 26.7 Å². The van der Waals surface area contributed by atoms with E-state index in [0.717, 1.165) is 12.2 Å². The summed E-state index contributed by atoms with van der Waals surface area (Å²) in [6, 6.07) is -1.75. The number of nitro groups is 2. The summed E-state index contributed by atoms with van der Waals surface area (Å²) in [5, 5.41) is 22.6. The minimum atomic E-state index is -2.82. The molecule has 1 atom stereocenters. The average Bonchev–Trinajstić information content (AvgIpc) is 2.45. The molecule has 1 rings (SSSR count). The van der Waals surface area contributed by atoms with Crippen molar-refractivity contribution >= 4 is 15.2 Å². The van der Waals surface area contributed by atoms with Crippen LogP contribution in [0, 0.1) is 20.2 Å². The van der Waals surface area contributed by atoms with Crippen molar-refractivity contribution in [1.82, 2.24) is 4.90 Å². The Labute approximate surface area is 128 Å². The van der Waals surface area contributed by atoms with Crippen molar-refractivity contribution in [2.75, 3.05) is 13.1 Å². The molecule has 0 amide bonds. The molecule has 0 radical (unpaired) electrons. The van der Waals surface area contributed by atoms with Crippen molar-refractivity contribution in [1.29, 1.82) is 0 Å². The quantitative estimate of drug-likeness (QED) is 0.385. The smallest absolute Gasteiger partial charge is 0.298 e. The van der Waals surface area contributed by atoms with Gasteiger partial charge < -0.3 is 4.90 Å². The van der Waals surface area contributed by atoms with E-state index in [4.69, 9.17) is 0 Å². The molecule has 0 bridgehead atoms. The van der Waals surface area contributed by atoms with E-state index in [1.54, 1.807) is 0 Å². The number of nitrogens with zero attached hydrogens (tertiary/aromatic N) is 3. The molecule has 0 fully saturated rings. The van der Waals surface area contributed by atoms with E-state index in [0.29, 0.717) is 25.9 Å². The maximum atomic E-state index is 11.4. The van der Waals surface area contributed by atoms with E-state index in [-0.39, 0.29) is 5.70 Å². The van der Waals surface area contributed by atoms with Crippen LogP contribution in [0.4, 0.5) is 0 Å². The van der Waals surface area contributed by atoms with Crippen LogP contribution in [0.2, 0.25) is 0 Å². The second-order valence-electron chi connectivity index (χ2n) is 4.67. The highest BCUT2D eigenvalue weighted by Crippen LogP contribution is 2.25. The molecule has 1 unspecified atom stereocenters. The molecule has 0 aromatic rings. The van der Waals surface area contributed by atoms with Gasteiger partial charge in [-0.25, -0.2) is 0 Å². The molecule has 22 heavy (non-hydrogen) atoms. The number of allylic oxidation sites excluding steroid dienone is 1. The van der Waals surface area contributed by atoms with Crippen molar-refractivity contribution in [3.63, 3.8) is 0 Å². The van der Waals surface area contributed by atoms with E-state index >= 15 is 0 Å². The zero-order valence-corrected chi connectivity index (χ0v) is 13.1. The number of hydrogen-bond donors (Lipinski definition) is 0. The van der Waals surface area contributed by atoms with E-state index in [9.17, 15) is 28.6 Å². The first kappa shape index (κ1) is 17.8. The molecule has 9 nitrogen and oxygen atoms in total. The third-order valence-corrected chi connectivity index (χ3v) is 3.87. The largest absolute Gasteiger partial charge is 0.363 e. The molecule has 0 N–H and O–H groups in total. The summed E-state index contributed by atoms with van der Waals surface area (Å²) in [5.74, 6) is 0. The summed E-state index contributed by atoms with van der Waals surface area (Å²) in [5.41, 5.74) is -0.599. The molecule has 0 spiro atoms. The van der Waals surface area contributed by atoms with Gasteiger partial charge in [-0.1, -0.05) is 13.8 Å². The highest BCUT2D eigenvalue weighted by atomic mass is 32.2. The average molecular weight is 331 g/mol. The molecule has 122 valence electrons. The van der Waals surface area contributed by atoms with Gasteiger partial charge in [0.05, 0.1) is 4.92 Å². The summed E-state index contributed by atoms with van der Waals surface area (Å²) in [6.07, 6.45) is 3.18. The third kappa shape index (κ3) is 3.70. The van der Waals surface area contributed by atoms with E-state index in [1.165, 1.54) is 4.90 Å². The normalized spacial score (nSPS) is 17.5. The van der Waals surface area contributed by atoms with Crippen LogP contribution in [-0.4, -0.2) is 47.2 Å². The molecule has 0 aromatic heterocycles. The van der Waals surface area contributed by atoms with Gasteiger partial charge in [-0.2, -0.15) is 8.42 Å². The van der Waals surface area contributed by atoms with Gasteiger partial charge in [-0.05, 0) is 18.9 Å². The Kier molecular flexibility index (Phi) is 6.23. The molecule has 10 heteroatoms. The Morgan fingerprint density at radius 2 is 1.68 bits per heavy atom. The van der Waals surface area contributed by atoms with Gasteiger partial charge in [-0.3, -0.25) is 20.2 Å². The van der Waals surface area contributed by atoms with Gasteiger partial charge in [0, 0.05) is 24.1 Å². The SMILES string of the molecule is CCCN(CCC)C1=C([N+](=O)[O-])C=CC(=S(=O)=O)C1[N+](=O)[O-]. The first-order chi connectivity index (χ1) is 10.3. The van der Waals surface area contributed by atoms with Gasteiger partial charge in [-0.15, -0.1) is 0 Å². The molecule has 0 heterocycles. The number of rotatable bonds is 7. The van der Waals surface area contributed by atoms with Crippen molar-refractivity contribution in [2.24, 2.45) is 0 Å². The predicted molar refractivity (Wildman–Crippen MR) is 80.0 cm³/mol. The zero-order valence-electron chi connectivity index (χ0n) is 12.3. The van der Waals surface area contributed by atoms with E-state index in [2.05, 4.69) is 0 Å². The van der Waals surface area contributed by atoms with Gasteiger partial charge >= 0.3 is 0 Å². The summed E-state index contributed by atoms with van der Waals surface area (Å²) < 4.78 is 22.5. The van der Waals surface area contributed by atoms with Crippen LogP contribution in [0.25, 0.3) is 0 Å². The fourth-order valence-electron chi connectivity index (χ4n) is 2.34. The zero-order chi connectivity index (χ0) is 16.9. The van der Waals surface area contributed by atoms with Gasteiger partial charge in [0.15, 0.2) is 10.6 Å². The summed E-state index contributed by atoms with van der Waals surface area (Å²) >= 11 is 0. The minimum absolute atomic E-state index is 0.166. The Morgan fingerprint density at radius 1 is 1.14 bits per heavy atom. The van der Waals surface area contributed by atoms with Crippen molar-refractivity contribution in [3.05, 3.63) is 43.8 Å². The number of hydrogen-bond acceptors (Lipinski definition) is 7. The summed E-state index contributed by atoms with van der Waals surface area (Å²) in [7, 11) is -2.82. The van der Waals surface area contributed by atoms with Crippen molar-refractivity contribution in [3.8, 4) is 0 Å². The standard InChI is InChI=1S/C12H17N3O6S/c1-3-7-13(8-4-2)11-9(14(16)17)5-6-10(22(20)21)12(11)15(18)19/h5-6,12H,3-4,7-8H2,1-2H3. The van der Waals surface area contributed by atoms with Gasteiger partial charge in [0.2, 0.25) is 10.3 Å². The minimum Gasteiger partial charge on any atom is -0.363 e. The first-order valence-electron chi connectivity index (χ1n) is 6.76. The summed E-state index contributed by atoms with van der Waals surface area (Å²) in [6.45, 7) is 4.42. The van der Waals surface area contributed by atoms with Crippen LogP contribution in [-0.2, 0) is 10.3 Å². The first-order valence-corrected chi connectivity index (χ1v) is 7.83. The molecular formula is C12H17N3O6S. The van der Waals surface area contributed by atoms with Crippen LogP contribution >= 0.6 is 0 Å². The van der Waals surface area contributed by atoms with Gasteiger partial charge in [0.25, 0.3) is 11.7 Å². The Balaban J connectivity index is 3.61. The third-order valence-electron chi connectivity index (χ3n) is 3.12. The predicted octanol–water partition coefficient (Wildman–Crippen LogP) is 0.863. The molecular weight excluding hydrogens is 314 g/mol. The van der Waals surface area contributed by atoms with Crippen molar-refractivity contribution in [2.45, 2.75) is 32.7 Å². The fourth-order valence-corrected chi connectivity index (χ4v) is 2.90. The topological polar surface area (TPSA) is 124 Å². The highest BCUT2D eigenvalue weighted by Gasteiger charge is 2.43. The lowest BCUT2D eigenvalue weighted by Gasteiger charge is -2.28. The maximum absolute atomic E-state index is 11.4. The van der Waals surface area contributed by atoms with Gasteiger partial charge in [0.1, 0.15) is 0 Å². The van der Waals surface area contributed by atoms with Crippen LogP contribution < -0.4 is 0 Å². The Hall–Kier alpha value is -2.23. The molecule has 0 saturated heterocycles. The maximum Gasteiger partial charge on any atom is 0.298 e.